The van der Waals surface area contributed by atoms with Gasteiger partial charge in [0.25, 0.3) is 0 Å². The summed E-state index contributed by atoms with van der Waals surface area (Å²) in [7, 11) is 1.71. The van der Waals surface area contributed by atoms with E-state index < -0.39 is 11.9 Å². The van der Waals surface area contributed by atoms with Gasteiger partial charge in [-0.15, -0.1) is 0 Å². The lowest BCUT2D eigenvalue weighted by molar-refractivity contribution is 0.0518. The Balaban J connectivity index is 2.47. The smallest absolute Gasteiger partial charge is 0.356 e. The summed E-state index contributed by atoms with van der Waals surface area (Å²) in [5, 5.41) is 10.1. The van der Waals surface area contributed by atoms with Crippen molar-refractivity contribution in [2.75, 3.05) is 6.61 Å². The van der Waals surface area contributed by atoms with Crippen molar-refractivity contribution in [3.05, 3.63) is 41.7 Å². The molecule has 0 aliphatic heterocycles. The number of benzene rings is 1. The van der Waals surface area contributed by atoms with E-state index in [1.54, 1.807) is 47.3 Å². The summed E-state index contributed by atoms with van der Waals surface area (Å²) in [6.45, 7) is 1.99. The number of hydrogen-bond donors (Lipinski definition) is 1. The normalized spacial score (nSPS) is 11.1. The molecule has 0 fully saturated rings. The fraction of sp³-hybridized carbons (Fsp3) is 0.200. The third kappa shape index (κ3) is 1.79. The van der Waals surface area contributed by atoms with Gasteiger partial charge in [-0.1, -0.05) is 18.2 Å². The van der Waals surface area contributed by atoms with Gasteiger partial charge in [0.2, 0.25) is 0 Å². The van der Waals surface area contributed by atoms with Gasteiger partial charge >= 0.3 is 11.9 Å². The molecule has 6 heteroatoms. The van der Waals surface area contributed by atoms with Crippen LogP contribution in [0.3, 0.4) is 0 Å². The molecule has 0 aliphatic carbocycles. The molecule has 0 aliphatic rings. The van der Waals surface area contributed by atoms with E-state index in [1.807, 2.05) is 6.07 Å². The van der Waals surface area contributed by atoms with Crippen LogP contribution in [0.2, 0.25) is 0 Å². The van der Waals surface area contributed by atoms with Crippen LogP contribution in [0, 0.1) is 0 Å². The lowest BCUT2D eigenvalue weighted by Crippen LogP contribution is -2.07. The van der Waals surface area contributed by atoms with E-state index in [9.17, 15) is 14.7 Å². The Labute approximate surface area is 120 Å². The number of fused-ring (bicyclic) bond motifs is 3. The topological polar surface area (TPSA) is 72.9 Å². The number of carboxylic acids is 1. The Morgan fingerprint density at radius 2 is 2.00 bits per heavy atom. The van der Waals surface area contributed by atoms with Crippen LogP contribution in [-0.4, -0.2) is 32.6 Å². The predicted octanol–water partition coefficient (Wildman–Crippen LogP) is 2.31. The van der Waals surface area contributed by atoms with E-state index in [-0.39, 0.29) is 12.2 Å². The third-order valence-corrected chi connectivity index (χ3v) is 3.44. The van der Waals surface area contributed by atoms with E-state index in [2.05, 4.69) is 0 Å². The Morgan fingerprint density at radius 1 is 1.29 bits per heavy atom. The second kappa shape index (κ2) is 4.66. The number of aromatic carboxylic acids is 1. The van der Waals surface area contributed by atoms with Crippen molar-refractivity contribution in [1.82, 2.24) is 8.97 Å². The molecule has 21 heavy (non-hydrogen) atoms. The van der Waals surface area contributed by atoms with Gasteiger partial charge in [-0.25, -0.2) is 9.59 Å². The van der Waals surface area contributed by atoms with E-state index in [0.717, 1.165) is 0 Å². The second-order valence-electron chi connectivity index (χ2n) is 4.70. The molecule has 0 atom stereocenters. The molecule has 0 amide bonds. The average Bonchev–Trinajstić information content (AvgIpc) is 2.95. The number of carbonyl (C=O) groups is 2. The number of carbonyl (C=O) groups excluding carboxylic acids is 1. The first kappa shape index (κ1) is 13.2. The van der Waals surface area contributed by atoms with Gasteiger partial charge in [0.1, 0.15) is 16.9 Å². The van der Waals surface area contributed by atoms with Crippen LogP contribution >= 0.6 is 0 Å². The van der Waals surface area contributed by atoms with Crippen LogP contribution < -0.4 is 0 Å². The number of hydrogen-bond acceptors (Lipinski definition) is 3. The van der Waals surface area contributed by atoms with Gasteiger partial charge in [0.05, 0.1) is 12.1 Å². The van der Waals surface area contributed by atoms with Crippen molar-refractivity contribution in [2.45, 2.75) is 6.92 Å². The predicted molar refractivity (Wildman–Crippen MR) is 76.8 cm³/mol. The van der Waals surface area contributed by atoms with Gasteiger partial charge in [0.15, 0.2) is 0 Å². The lowest BCUT2D eigenvalue weighted by Gasteiger charge is -2.00. The molecule has 1 N–H and O–H groups in total. The number of imidazole rings is 1. The first-order chi connectivity index (χ1) is 10.1. The summed E-state index contributed by atoms with van der Waals surface area (Å²) in [5.74, 6) is -1.49. The fourth-order valence-corrected chi connectivity index (χ4v) is 2.67. The highest BCUT2D eigenvalue weighted by Gasteiger charge is 2.25. The number of nitrogens with zero attached hydrogens (tertiary/aromatic N) is 2. The first-order valence-electron chi connectivity index (χ1n) is 6.55. The van der Waals surface area contributed by atoms with Crippen LogP contribution in [0.5, 0.6) is 0 Å². The summed E-state index contributed by atoms with van der Waals surface area (Å²) in [4.78, 5) is 23.7. The Kier molecular flexibility index (Phi) is 2.94. The Hall–Kier alpha value is -2.76. The van der Waals surface area contributed by atoms with Crippen LogP contribution in [0.4, 0.5) is 0 Å². The maximum absolute atomic E-state index is 12.1. The molecule has 0 saturated heterocycles. The van der Waals surface area contributed by atoms with Gasteiger partial charge < -0.3 is 14.4 Å². The van der Waals surface area contributed by atoms with E-state index in [4.69, 9.17) is 4.74 Å². The van der Waals surface area contributed by atoms with Gasteiger partial charge in [-0.05, 0) is 13.0 Å². The van der Waals surface area contributed by atoms with Crippen molar-refractivity contribution in [1.29, 1.82) is 0 Å². The highest BCUT2D eigenvalue weighted by atomic mass is 16.5. The summed E-state index contributed by atoms with van der Waals surface area (Å²) in [6.07, 6.45) is 1.59. The van der Waals surface area contributed by atoms with Crippen LogP contribution in [0.15, 0.2) is 30.5 Å². The zero-order valence-corrected chi connectivity index (χ0v) is 11.7. The van der Waals surface area contributed by atoms with Gasteiger partial charge in [-0.3, -0.25) is 4.40 Å². The maximum atomic E-state index is 12.1. The van der Waals surface area contributed by atoms with Crippen LogP contribution in [-0.2, 0) is 11.8 Å². The minimum atomic E-state index is -1.02. The number of aromatic nitrogens is 2. The molecule has 3 rings (SSSR count). The molecule has 2 heterocycles. The van der Waals surface area contributed by atoms with Crippen molar-refractivity contribution >= 4 is 28.5 Å². The first-order valence-corrected chi connectivity index (χ1v) is 6.55. The minimum Gasteiger partial charge on any atom is -0.478 e. The summed E-state index contributed by atoms with van der Waals surface area (Å²) >= 11 is 0. The molecule has 0 unspecified atom stereocenters. The molecule has 0 spiro atoms. The van der Waals surface area contributed by atoms with Crippen LogP contribution in [0.1, 0.15) is 27.8 Å². The molecule has 0 saturated carbocycles. The summed E-state index contributed by atoms with van der Waals surface area (Å²) < 4.78 is 8.32. The lowest BCUT2D eigenvalue weighted by atomic mass is 10.2. The van der Waals surface area contributed by atoms with E-state index in [0.29, 0.717) is 22.2 Å². The van der Waals surface area contributed by atoms with Crippen molar-refractivity contribution in [3.8, 4) is 0 Å². The van der Waals surface area contributed by atoms with E-state index in [1.165, 1.54) is 0 Å². The summed E-state index contributed by atoms with van der Waals surface area (Å²) in [5.41, 5.74) is 1.64. The van der Waals surface area contributed by atoms with Crippen molar-refractivity contribution in [2.24, 2.45) is 7.05 Å². The largest absolute Gasteiger partial charge is 0.478 e. The van der Waals surface area contributed by atoms with E-state index >= 15 is 0 Å². The molecule has 0 bridgehead atoms. The summed E-state index contributed by atoms with van der Waals surface area (Å²) in [6, 6.07) is 7.11. The second-order valence-corrected chi connectivity index (χ2v) is 4.70. The average molecular weight is 286 g/mol. The molecule has 3 aromatic rings. The molecule has 2 aromatic heterocycles. The standard InChI is InChI=1S/C15H14N2O4/c1-3-21-15(20)11-8-16(2)13-12(14(18)19)9-6-4-5-7-10(9)17(11)13/h4-8H,3H2,1-2H3,(H,18,19). The molecule has 0 radical (unpaired) electrons. The van der Waals surface area contributed by atoms with Crippen molar-refractivity contribution in [3.63, 3.8) is 0 Å². The molecular formula is C15H14N2O4. The van der Waals surface area contributed by atoms with Gasteiger partial charge in [-0.2, -0.15) is 0 Å². The molecular weight excluding hydrogens is 272 g/mol. The molecule has 108 valence electrons. The Bertz CT molecular complexity index is 873. The number of rotatable bonds is 3. The highest BCUT2D eigenvalue weighted by molar-refractivity contribution is 6.11. The Morgan fingerprint density at radius 3 is 2.67 bits per heavy atom. The number of ether oxygens (including phenoxy) is 1. The number of para-hydroxylation sites is 1. The zero-order valence-electron chi connectivity index (χ0n) is 11.7. The monoisotopic (exact) mass is 286 g/mol. The van der Waals surface area contributed by atoms with Crippen molar-refractivity contribution < 1.29 is 19.4 Å². The minimum absolute atomic E-state index is 0.184. The number of carboxylic acid groups (broad SMARTS) is 1. The fourth-order valence-electron chi connectivity index (χ4n) is 2.67. The molecule has 1 aromatic carbocycles. The quantitative estimate of drug-likeness (QED) is 0.750. The number of aryl methyl sites for hydroxylation is 1. The highest BCUT2D eigenvalue weighted by Crippen LogP contribution is 2.29. The third-order valence-electron chi connectivity index (χ3n) is 3.44. The molecule has 6 nitrogen and oxygen atoms in total. The SMILES string of the molecule is CCOC(=O)c1cn(C)c2c(C(=O)O)c3ccccc3n12. The zero-order chi connectivity index (χ0) is 15.1. The van der Waals surface area contributed by atoms with Crippen LogP contribution in [0.25, 0.3) is 16.6 Å². The maximum Gasteiger partial charge on any atom is 0.356 e. The van der Waals surface area contributed by atoms with Gasteiger partial charge in [0, 0.05) is 18.6 Å². The number of esters is 1.